The first-order valence-electron chi connectivity index (χ1n) is 3.95. The molecule has 0 N–H and O–H groups in total. The molecule has 2 fully saturated rings. The highest BCUT2D eigenvalue weighted by Crippen LogP contribution is 2.43. The molecule has 0 aromatic carbocycles. The van der Waals surface area contributed by atoms with E-state index in [1.54, 1.807) is 0 Å². The molecule has 0 radical (unpaired) electrons. The van der Waals surface area contributed by atoms with Gasteiger partial charge in [-0.2, -0.15) is 0 Å². The monoisotopic (exact) mass is 126 g/mol. The molecule has 1 aliphatic carbocycles. The van der Waals surface area contributed by atoms with Crippen LogP contribution in [0.25, 0.3) is 0 Å². The van der Waals surface area contributed by atoms with E-state index in [4.69, 9.17) is 4.74 Å². The van der Waals surface area contributed by atoms with E-state index in [1.807, 2.05) is 0 Å². The van der Waals surface area contributed by atoms with Crippen LogP contribution in [0.5, 0.6) is 0 Å². The smallest absolute Gasteiger partial charge is 0.0916 e. The summed E-state index contributed by atoms with van der Waals surface area (Å²) in [4.78, 5) is 0. The lowest BCUT2D eigenvalue weighted by Gasteiger charge is -2.12. The van der Waals surface area contributed by atoms with E-state index in [0.29, 0.717) is 5.60 Å². The number of epoxide rings is 1. The minimum atomic E-state index is 0.330. The minimum absolute atomic E-state index is 0.330. The second-order valence-corrected chi connectivity index (χ2v) is 3.58. The third-order valence-electron chi connectivity index (χ3n) is 2.82. The van der Waals surface area contributed by atoms with Crippen LogP contribution in [0, 0.1) is 5.92 Å². The summed E-state index contributed by atoms with van der Waals surface area (Å²) in [7, 11) is 0. The summed E-state index contributed by atoms with van der Waals surface area (Å²) in [5.41, 5.74) is 0.330. The van der Waals surface area contributed by atoms with Crippen LogP contribution < -0.4 is 0 Å². The van der Waals surface area contributed by atoms with E-state index < -0.39 is 0 Å². The summed E-state index contributed by atoms with van der Waals surface area (Å²) in [6, 6.07) is 0. The highest BCUT2D eigenvalue weighted by atomic mass is 16.6. The van der Waals surface area contributed by atoms with Crippen LogP contribution in [-0.4, -0.2) is 12.2 Å². The van der Waals surface area contributed by atoms with Gasteiger partial charge < -0.3 is 4.74 Å². The lowest BCUT2D eigenvalue weighted by Crippen LogP contribution is -2.16. The molecule has 0 aromatic rings. The molecule has 1 heteroatoms. The first-order chi connectivity index (χ1) is 4.31. The highest BCUT2D eigenvalue weighted by Gasteiger charge is 2.47. The fraction of sp³-hybridized carbons (Fsp3) is 1.00. The summed E-state index contributed by atoms with van der Waals surface area (Å²) in [6.45, 7) is 3.28. The Morgan fingerprint density at radius 2 is 1.89 bits per heavy atom. The Labute approximate surface area is 56.4 Å². The Hall–Kier alpha value is -0.0400. The molecule has 1 aliphatic heterocycles. The average molecular weight is 126 g/mol. The summed E-state index contributed by atoms with van der Waals surface area (Å²) < 4.78 is 5.38. The van der Waals surface area contributed by atoms with Crippen molar-refractivity contribution in [2.45, 2.75) is 38.2 Å². The number of ether oxygens (including phenoxy) is 1. The van der Waals surface area contributed by atoms with Crippen molar-refractivity contribution in [1.29, 1.82) is 0 Å². The Morgan fingerprint density at radius 3 is 2.33 bits per heavy atom. The van der Waals surface area contributed by atoms with Crippen LogP contribution in [-0.2, 0) is 4.74 Å². The SMILES string of the molecule is CC1(C2CCCC2)CO1. The quantitative estimate of drug-likeness (QED) is 0.489. The Kier molecular flexibility index (Phi) is 1.10. The van der Waals surface area contributed by atoms with Crippen molar-refractivity contribution >= 4 is 0 Å². The van der Waals surface area contributed by atoms with Gasteiger partial charge in [0, 0.05) is 0 Å². The van der Waals surface area contributed by atoms with Crippen molar-refractivity contribution in [3.05, 3.63) is 0 Å². The largest absolute Gasteiger partial charge is 0.370 e. The van der Waals surface area contributed by atoms with Crippen molar-refractivity contribution in [1.82, 2.24) is 0 Å². The van der Waals surface area contributed by atoms with Gasteiger partial charge in [-0.1, -0.05) is 12.8 Å². The second-order valence-electron chi connectivity index (χ2n) is 3.58. The third kappa shape index (κ3) is 0.877. The van der Waals surface area contributed by atoms with Crippen molar-refractivity contribution < 1.29 is 4.74 Å². The van der Waals surface area contributed by atoms with Crippen molar-refractivity contribution in [3.8, 4) is 0 Å². The fourth-order valence-electron chi connectivity index (χ4n) is 1.89. The maximum absolute atomic E-state index is 5.38. The summed E-state index contributed by atoms with van der Waals surface area (Å²) in [6.07, 6.45) is 5.69. The zero-order chi connectivity index (χ0) is 6.32. The van der Waals surface area contributed by atoms with E-state index in [0.717, 1.165) is 12.5 Å². The molecule has 2 aliphatic rings. The molecule has 1 unspecified atom stereocenters. The molecular weight excluding hydrogens is 112 g/mol. The molecule has 2 rings (SSSR count). The van der Waals surface area contributed by atoms with Crippen LogP contribution in [0.4, 0.5) is 0 Å². The molecule has 1 saturated carbocycles. The Bertz CT molecular complexity index is 110. The molecule has 1 nitrogen and oxygen atoms in total. The molecule has 1 atom stereocenters. The lowest BCUT2D eigenvalue weighted by molar-refractivity contribution is 0.238. The van der Waals surface area contributed by atoms with Gasteiger partial charge in [0.25, 0.3) is 0 Å². The number of hydrogen-bond acceptors (Lipinski definition) is 1. The van der Waals surface area contributed by atoms with Crippen LogP contribution in [0.3, 0.4) is 0 Å². The van der Waals surface area contributed by atoms with Gasteiger partial charge in [-0.25, -0.2) is 0 Å². The Morgan fingerprint density at radius 1 is 1.33 bits per heavy atom. The normalized spacial score (nSPS) is 43.7. The molecule has 1 heterocycles. The van der Waals surface area contributed by atoms with E-state index in [-0.39, 0.29) is 0 Å². The second kappa shape index (κ2) is 1.72. The minimum Gasteiger partial charge on any atom is -0.370 e. The summed E-state index contributed by atoms with van der Waals surface area (Å²) in [5, 5.41) is 0. The molecular formula is C8H14O. The predicted molar refractivity (Wildman–Crippen MR) is 36.3 cm³/mol. The zero-order valence-electron chi connectivity index (χ0n) is 6.02. The molecule has 9 heavy (non-hydrogen) atoms. The zero-order valence-corrected chi connectivity index (χ0v) is 6.02. The average Bonchev–Trinajstić information content (AvgIpc) is 2.46. The lowest BCUT2D eigenvalue weighted by atomic mass is 9.93. The predicted octanol–water partition coefficient (Wildman–Crippen LogP) is 1.97. The van der Waals surface area contributed by atoms with Crippen LogP contribution in [0.1, 0.15) is 32.6 Å². The topological polar surface area (TPSA) is 12.5 Å². The molecule has 0 spiro atoms. The molecule has 0 amide bonds. The molecule has 0 bridgehead atoms. The summed E-state index contributed by atoms with van der Waals surface area (Å²) >= 11 is 0. The van der Waals surface area contributed by atoms with Crippen LogP contribution in [0.15, 0.2) is 0 Å². The highest BCUT2D eigenvalue weighted by molar-refractivity contribution is 4.95. The van der Waals surface area contributed by atoms with Gasteiger partial charge in [-0.15, -0.1) is 0 Å². The maximum Gasteiger partial charge on any atom is 0.0916 e. The van der Waals surface area contributed by atoms with Gasteiger partial charge in [0.05, 0.1) is 12.2 Å². The Balaban J connectivity index is 1.97. The first-order valence-corrected chi connectivity index (χ1v) is 3.95. The molecule has 52 valence electrons. The summed E-state index contributed by atoms with van der Waals surface area (Å²) in [5.74, 6) is 0.900. The van der Waals surface area contributed by atoms with Gasteiger partial charge in [-0.05, 0) is 25.7 Å². The van der Waals surface area contributed by atoms with E-state index in [1.165, 1.54) is 25.7 Å². The molecule has 0 aromatic heterocycles. The van der Waals surface area contributed by atoms with Gasteiger partial charge >= 0.3 is 0 Å². The van der Waals surface area contributed by atoms with Gasteiger partial charge in [0.15, 0.2) is 0 Å². The van der Waals surface area contributed by atoms with Gasteiger partial charge in [-0.3, -0.25) is 0 Å². The third-order valence-corrected chi connectivity index (χ3v) is 2.82. The standard InChI is InChI=1S/C8H14O/c1-8(6-9-8)7-4-2-3-5-7/h7H,2-6H2,1H3. The van der Waals surface area contributed by atoms with Gasteiger partial charge in [0.1, 0.15) is 0 Å². The van der Waals surface area contributed by atoms with E-state index in [9.17, 15) is 0 Å². The van der Waals surface area contributed by atoms with Crippen molar-refractivity contribution in [3.63, 3.8) is 0 Å². The maximum atomic E-state index is 5.38. The van der Waals surface area contributed by atoms with Crippen LogP contribution >= 0.6 is 0 Å². The van der Waals surface area contributed by atoms with Crippen molar-refractivity contribution in [2.75, 3.05) is 6.61 Å². The molecule has 1 saturated heterocycles. The van der Waals surface area contributed by atoms with Crippen LogP contribution in [0.2, 0.25) is 0 Å². The first kappa shape index (κ1) is 5.72. The van der Waals surface area contributed by atoms with E-state index >= 15 is 0 Å². The van der Waals surface area contributed by atoms with E-state index in [2.05, 4.69) is 6.92 Å². The number of hydrogen-bond donors (Lipinski definition) is 0. The van der Waals surface area contributed by atoms with Gasteiger partial charge in [0.2, 0.25) is 0 Å². The fourth-order valence-corrected chi connectivity index (χ4v) is 1.89. The van der Waals surface area contributed by atoms with Crippen molar-refractivity contribution in [2.24, 2.45) is 5.92 Å². The number of rotatable bonds is 1.